The first kappa shape index (κ1) is 12.0. The number of nitrogens with zero attached hydrogens (tertiary/aromatic N) is 3. The second-order valence-corrected chi connectivity index (χ2v) is 2.01. The monoisotopic (exact) mass is 344 g/mol. The number of aromatic nitrogens is 4. The molecule has 0 spiro atoms. The Labute approximate surface area is 91.1 Å². The molecule has 0 radical (unpaired) electrons. The Kier molecular flexibility index (Phi) is 5.15. The number of nitrogens with one attached hydrogen (secondary N) is 1. The quantitative estimate of drug-likeness (QED) is 0.789. The largest absolute Gasteiger partial charge is 2.00 e. The van der Waals surface area contributed by atoms with Crippen LogP contribution in [0.2, 0.25) is 0 Å². The smallest absolute Gasteiger partial charge is 0.358 e. The molecular weight excluding hydrogens is 336 g/mol. The molecule has 1 N–H and O–H groups in total. The summed E-state index contributed by atoms with van der Waals surface area (Å²) in [6, 6.07) is 4.65. The molecule has 0 aliphatic rings. The molecule has 0 amide bonds. The normalized spacial score (nSPS) is 8.31. The van der Waals surface area contributed by atoms with E-state index in [0.29, 0.717) is 5.82 Å². The maximum Gasteiger partial charge on any atom is 2.00 e. The van der Waals surface area contributed by atoms with E-state index in [1.807, 2.05) is 0 Å². The second-order valence-electron chi connectivity index (χ2n) is 2.01. The van der Waals surface area contributed by atoms with Crippen LogP contribution >= 0.6 is 0 Å². The summed E-state index contributed by atoms with van der Waals surface area (Å²) in [6.45, 7) is 0. The first-order chi connectivity index (χ1) is 5.47. The van der Waals surface area contributed by atoms with Crippen LogP contribution in [0.3, 0.4) is 0 Å². The topological polar surface area (TPSA) is 54.5 Å². The van der Waals surface area contributed by atoms with Crippen LogP contribution in [0, 0.1) is 13.5 Å². The van der Waals surface area contributed by atoms with Crippen molar-refractivity contribution in [3.05, 3.63) is 38.3 Å². The van der Waals surface area contributed by atoms with Gasteiger partial charge in [-0.15, -0.1) is 5.56 Å². The molecule has 2 heterocycles. The molecule has 4 nitrogen and oxygen atoms in total. The zero-order valence-corrected chi connectivity index (χ0v) is 9.99. The fraction of sp³-hybridized carbons (Fsp3) is 0. The predicted octanol–water partition coefficient (Wildman–Crippen LogP) is 1.11. The van der Waals surface area contributed by atoms with Gasteiger partial charge in [-0.05, 0) is 6.20 Å². The Balaban J connectivity index is 0.000000720. The van der Waals surface area contributed by atoms with Gasteiger partial charge in [0, 0.05) is 0 Å². The SMILES string of the molecule is [CH3-].[W+2].[c-]1cncc(-c2ncn[nH]2)c1. The second kappa shape index (κ2) is 5.59. The van der Waals surface area contributed by atoms with E-state index in [9.17, 15) is 0 Å². The van der Waals surface area contributed by atoms with Gasteiger partial charge in [0.15, 0.2) is 0 Å². The summed E-state index contributed by atoms with van der Waals surface area (Å²) in [4.78, 5) is 7.86. The van der Waals surface area contributed by atoms with E-state index in [0.717, 1.165) is 5.56 Å². The summed E-state index contributed by atoms with van der Waals surface area (Å²) in [5.41, 5.74) is 0.894. The molecule has 0 aliphatic heterocycles. The average molecular weight is 344 g/mol. The summed E-state index contributed by atoms with van der Waals surface area (Å²) in [5, 5.41) is 6.45. The van der Waals surface area contributed by atoms with Crippen LogP contribution in [0.15, 0.2) is 24.8 Å². The van der Waals surface area contributed by atoms with E-state index >= 15 is 0 Å². The van der Waals surface area contributed by atoms with Crippen molar-refractivity contribution in [3.8, 4) is 11.4 Å². The van der Waals surface area contributed by atoms with Crippen LogP contribution in [-0.4, -0.2) is 20.2 Å². The van der Waals surface area contributed by atoms with Gasteiger partial charge in [-0.25, -0.2) is 17.1 Å². The third-order valence-corrected chi connectivity index (χ3v) is 1.29. The predicted molar refractivity (Wildman–Crippen MR) is 44.9 cm³/mol. The zero-order chi connectivity index (χ0) is 7.52. The first-order valence-electron chi connectivity index (χ1n) is 3.13. The molecule has 0 atom stereocenters. The molecule has 13 heavy (non-hydrogen) atoms. The van der Waals surface area contributed by atoms with Crippen LogP contribution in [0.5, 0.6) is 0 Å². The molecule has 0 unspecified atom stereocenters. The van der Waals surface area contributed by atoms with E-state index in [2.05, 4.69) is 26.2 Å². The maximum atomic E-state index is 3.96. The first-order valence-corrected chi connectivity index (χ1v) is 3.13. The third-order valence-electron chi connectivity index (χ3n) is 1.29. The van der Waals surface area contributed by atoms with E-state index in [-0.39, 0.29) is 28.5 Å². The molecule has 2 aromatic rings. The van der Waals surface area contributed by atoms with Crippen molar-refractivity contribution in [2.24, 2.45) is 0 Å². The molecule has 0 saturated heterocycles. The number of hydrogen-bond acceptors (Lipinski definition) is 3. The summed E-state index contributed by atoms with van der Waals surface area (Å²) >= 11 is 0. The van der Waals surface area contributed by atoms with Crippen molar-refractivity contribution < 1.29 is 21.1 Å². The van der Waals surface area contributed by atoms with Gasteiger partial charge in [-0.3, -0.25) is 5.10 Å². The number of hydrogen-bond donors (Lipinski definition) is 1. The van der Waals surface area contributed by atoms with E-state index in [1.165, 1.54) is 6.33 Å². The van der Waals surface area contributed by atoms with Crippen LogP contribution < -0.4 is 0 Å². The summed E-state index contributed by atoms with van der Waals surface area (Å²) in [6.07, 6.45) is 4.76. The fourth-order valence-corrected chi connectivity index (χ4v) is 0.799. The van der Waals surface area contributed by atoms with Crippen molar-refractivity contribution in [3.63, 3.8) is 0 Å². The minimum atomic E-state index is 0. The van der Waals surface area contributed by atoms with Gasteiger partial charge in [0.1, 0.15) is 6.33 Å². The Hall–Kier alpha value is -1.02. The molecular formula is C8H8N4W. The molecule has 0 aliphatic carbocycles. The van der Waals surface area contributed by atoms with E-state index in [4.69, 9.17) is 0 Å². The Morgan fingerprint density at radius 2 is 2.23 bits per heavy atom. The Morgan fingerprint density at radius 3 is 2.77 bits per heavy atom. The number of pyridine rings is 1. The molecule has 2 aromatic heterocycles. The fourth-order valence-electron chi connectivity index (χ4n) is 0.799. The van der Waals surface area contributed by atoms with Crippen LogP contribution in [0.4, 0.5) is 0 Å². The number of aromatic amines is 1. The standard InChI is InChI=1S/C7H5N4.CH3.W/c1-2-6(4-8-3-1)7-9-5-10-11-7;;/h2-5H,(H,9,10,11);1H3;/q2*-1;+2. The minimum Gasteiger partial charge on any atom is -0.358 e. The Bertz CT molecular complexity index is 319. The summed E-state index contributed by atoms with van der Waals surface area (Å²) < 4.78 is 0. The molecule has 0 bridgehead atoms. The van der Waals surface area contributed by atoms with Gasteiger partial charge in [-0.1, -0.05) is 6.20 Å². The molecule has 0 aromatic carbocycles. The molecule has 0 fully saturated rings. The van der Waals surface area contributed by atoms with Gasteiger partial charge in [-0.2, -0.15) is 5.10 Å². The van der Waals surface area contributed by atoms with Gasteiger partial charge >= 0.3 is 21.1 Å². The maximum absolute atomic E-state index is 3.96. The van der Waals surface area contributed by atoms with Crippen LogP contribution in [0.1, 0.15) is 0 Å². The van der Waals surface area contributed by atoms with Gasteiger partial charge in [0.25, 0.3) is 0 Å². The number of H-pyrrole nitrogens is 1. The van der Waals surface area contributed by atoms with Crippen molar-refractivity contribution in [1.29, 1.82) is 0 Å². The molecule has 2 rings (SSSR count). The van der Waals surface area contributed by atoms with Crippen molar-refractivity contribution >= 4 is 0 Å². The molecule has 0 saturated carbocycles. The van der Waals surface area contributed by atoms with Crippen molar-refractivity contribution in [2.75, 3.05) is 0 Å². The van der Waals surface area contributed by atoms with Gasteiger partial charge in [0.2, 0.25) is 0 Å². The van der Waals surface area contributed by atoms with Crippen molar-refractivity contribution in [1.82, 2.24) is 20.2 Å². The average Bonchev–Trinajstić information content (AvgIpc) is 2.58. The Morgan fingerprint density at radius 1 is 1.38 bits per heavy atom. The van der Waals surface area contributed by atoms with Gasteiger partial charge in [0.05, 0.1) is 5.82 Å². The third kappa shape index (κ3) is 2.74. The van der Waals surface area contributed by atoms with Crippen LogP contribution in [0.25, 0.3) is 11.4 Å². The number of rotatable bonds is 1. The molecule has 66 valence electrons. The summed E-state index contributed by atoms with van der Waals surface area (Å²) in [5.74, 6) is 0.717. The molecule has 5 heteroatoms. The van der Waals surface area contributed by atoms with E-state index < -0.39 is 0 Å². The summed E-state index contributed by atoms with van der Waals surface area (Å²) in [7, 11) is 0. The van der Waals surface area contributed by atoms with Crippen molar-refractivity contribution in [2.45, 2.75) is 0 Å². The van der Waals surface area contributed by atoms with Crippen LogP contribution in [-0.2, 0) is 21.1 Å². The zero-order valence-electron chi connectivity index (χ0n) is 7.06. The van der Waals surface area contributed by atoms with E-state index in [1.54, 1.807) is 18.5 Å². The minimum absolute atomic E-state index is 0. The van der Waals surface area contributed by atoms with Gasteiger partial charge < -0.3 is 12.4 Å².